The van der Waals surface area contributed by atoms with E-state index in [9.17, 15) is 9.59 Å². The van der Waals surface area contributed by atoms with Crippen LogP contribution in [0.1, 0.15) is 35.7 Å². The molecule has 0 aliphatic heterocycles. The van der Waals surface area contributed by atoms with Crippen molar-refractivity contribution in [3.63, 3.8) is 0 Å². The van der Waals surface area contributed by atoms with Gasteiger partial charge in [0.25, 0.3) is 0 Å². The van der Waals surface area contributed by atoms with Crippen molar-refractivity contribution < 1.29 is 28.2 Å². The summed E-state index contributed by atoms with van der Waals surface area (Å²) in [5.41, 5.74) is 3.07. The molecule has 0 unspecified atom stereocenters. The summed E-state index contributed by atoms with van der Waals surface area (Å²) in [6.45, 7) is 3.81. The van der Waals surface area contributed by atoms with Crippen LogP contribution in [0.15, 0.2) is 39.9 Å². The zero-order valence-corrected chi connectivity index (χ0v) is 14.8. The monoisotopic (exact) mass is 360 g/mol. The van der Waals surface area contributed by atoms with Crippen molar-refractivity contribution in [1.29, 1.82) is 0 Å². The van der Waals surface area contributed by atoms with Crippen molar-refractivity contribution in [2.24, 2.45) is 5.10 Å². The Morgan fingerprint density at radius 3 is 2.69 bits per heavy atom. The first-order valence-electron chi connectivity index (χ1n) is 7.89. The van der Waals surface area contributed by atoms with Crippen LogP contribution in [0.3, 0.4) is 0 Å². The van der Waals surface area contributed by atoms with E-state index in [1.165, 1.54) is 26.3 Å². The molecule has 0 aliphatic carbocycles. The number of hydrogen-bond donors (Lipinski definition) is 1. The molecule has 0 saturated carbocycles. The van der Waals surface area contributed by atoms with Crippen LogP contribution in [-0.4, -0.2) is 31.8 Å². The zero-order valence-electron chi connectivity index (χ0n) is 14.8. The number of methoxy groups -OCH3 is 1. The number of furan rings is 1. The summed E-state index contributed by atoms with van der Waals surface area (Å²) in [5, 5.41) is 3.81. The van der Waals surface area contributed by atoms with Gasteiger partial charge in [0.2, 0.25) is 11.7 Å². The van der Waals surface area contributed by atoms with E-state index in [0.717, 1.165) is 5.56 Å². The highest BCUT2D eigenvalue weighted by Gasteiger charge is 2.12. The van der Waals surface area contributed by atoms with Gasteiger partial charge in [-0.05, 0) is 42.8 Å². The number of benzene rings is 1. The number of amides is 1. The molecule has 0 atom stereocenters. The average molecular weight is 360 g/mol. The van der Waals surface area contributed by atoms with Crippen molar-refractivity contribution in [3.8, 4) is 11.5 Å². The molecule has 0 bridgehead atoms. The van der Waals surface area contributed by atoms with Gasteiger partial charge >= 0.3 is 5.97 Å². The summed E-state index contributed by atoms with van der Waals surface area (Å²) in [7, 11) is 1.28. The van der Waals surface area contributed by atoms with Crippen molar-refractivity contribution in [1.82, 2.24) is 5.43 Å². The Labute approximate surface area is 150 Å². The molecule has 0 fully saturated rings. The van der Waals surface area contributed by atoms with Gasteiger partial charge in [-0.1, -0.05) is 0 Å². The highest BCUT2D eigenvalue weighted by Crippen LogP contribution is 2.29. The van der Waals surface area contributed by atoms with Crippen molar-refractivity contribution in [2.75, 3.05) is 13.7 Å². The Morgan fingerprint density at radius 1 is 1.19 bits per heavy atom. The molecule has 1 amide bonds. The van der Waals surface area contributed by atoms with Gasteiger partial charge in [-0.25, -0.2) is 10.2 Å². The first kappa shape index (κ1) is 19.0. The maximum Gasteiger partial charge on any atom is 0.373 e. The molecule has 26 heavy (non-hydrogen) atoms. The molecule has 0 aliphatic rings. The van der Waals surface area contributed by atoms with E-state index in [1.807, 2.05) is 6.92 Å². The number of hydrogen-bond acceptors (Lipinski definition) is 7. The van der Waals surface area contributed by atoms with Crippen LogP contribution in [-0.2, 0) is 16.1 Å². The minimum Gasteiger partial charge on any atom is -0.490 e. The third-order valence-corrected chi connectivity index (χ3v) is 3.12. The van der Waals surface area contributed by atoms with Crippen LogP contribution in [0, 0.1) is 0 Å². The zero-order chi connectivity index (χ0) is 18.9. The average Bonchev–Trinajstić information content (AvgIpc) is 3.09. The second-order valence-corrected chi connectivity index (χ2v) is 5.11. The summed E-state index contributed by atoms with van der Waals surface area (Å²) in [6.07, 6.45) is 1.50. The summed E-state index contributed by atoms with van der Waals surface area (Å²) in [6, 6.07) is 8.40. The maximum absolute atomic E-state index is 11.4. The van der Waals surface area contributed by atoms with Gasteiger partial charge < -0.3 is 18.6 Å². The lowest BCUT2D eigenvalue weighted by Crippen LogP contribution is -2.12. The van der Waals surface area contributed by atoms with E-state index in [1.54, 1.807) is 24.3 Å². The molecule has 8 nitrogen and oxygen atoms in total. The van der Waals surface area contributed by atoms with Crippen molar-refractivity contribution >= 4 is 18.1 Å². The second kappa shape index (κ2) is 9.26. The number of esters is 1. The predicted molar refractivity (Wildman–Crippen MR) is 93.4 cm³/mol. The first-order chi connectivity index (χ1) is 12.5. The lowest BCUT2D eigenvalue weighted by molar-refractivity contribution is -0.118. The van der Waals surface area contributed by atoms with Gasteiger partial charge in [0.05, 0.1) is 19.9 Å². The Kier molecular flexibility index (Phi) is 6.78. The molecule has 2 rings (SSSR count). The van der Waals surface area contributed by atoms with E-state index in [0.29, 0.717) is 23.9 Å². The first-order valence-corrected chi connectivity index (χ1v) is 7.89. The SMILES string of the molecule is CCOc1cc(/C=N\NC(C)=O)ccc1OCc1ccc(C(=O)OC)o1. The predicted octanol–water partition coefficient (Wildman–Crippen LogP) is 2.51. The van der Waals surface area contributed by atoms with Gasteiger partial charge in [-0.15, -0.1) is 0 Å². The molecule has 2 aromatic rings. The number of hydrazone groups is 1. The van der Waals surface area contributed by atoms with Crippen LogP contribution >= 0.6 is 0 Å². The summed E-state index contributed by atoms with van der Waals surface area (Å²) in [4.78, 5) is 22.2. The molecule has 1 aromatic carbocycles. The smallest absolute Gasteiger partial charge is 0.373 e. The molecule has 1 heterocycles. The van der Waals surface area contributed by atoms with Gasteiger partial charge in [0.1, 0.15) is 12.4 Å². The Balaban J connectivity index is 2.07. The number of rotatable bonds is 8. The number of ether oxygens (including phenoxy) is 3. The van der Waals surface area contributed by atoms with Crippen LogP contribution in [0.4, 0.5) is 0 Å². The summed E-state index contributed by atoms with van der Waals surface area (Å²) in [5.74, 6) is 0.827. The van der Waals surface area contributed by atoms with E-state index in [4.69, 9.17) is 13.9 Å². The van der Waals surface area contributed by atoms with Crippen molar-refractivity contribution in [3.05, 3.63) is 47.4 Å². The fraction of sp³-hybridized carbons (Fsp3) is 0.278. The molecule has 0 saturated heterocycles. The number of nitrogens with zero attached hydrogens (tertiary/aromatic N) is 1. The minimum atomic E-state index is -0.547. The third-order valence-electron chi connectivity index (χ3n) is 3.12. The third kappa shape index (κ3) is 5.37. The van der Waals surface area contributed by atoms with Crippen LogP contribution in [0.5, 0.6) is 11.5 Å². The Hall–Kier alpha value is -3.29. The van der Waals surface area contributed by atoms with Crippen LogP contribution in [0.25, 0.3) is 0 Å². The van der Waals surface area contributed by atoms with E-state index >= 15 is 0 Å². The molecule has 1 N–H and O–H groups in total. The van der Waals surface area contributed by atoms with E-state index < -0.39 is 5.97 Å². The Bertz CT molecular complexity index is 797. The number of carbonyl (C=O) groups excluding carboxylic acids is 2. The number of nitrogens with one attached hydrogen (secondary N) is 1. The standard InChI is InChI=1S/C18H20N2O6/c1-4-24-17-9-13(10-19-20-12(2)21)5-7-15(17)25-11-14-6-8-16(26-14)18(22)23-3/h5-10H,4,11H2,1-3H3,(H,20,21)/b19-10-. The fourth-order valence-corrected chi connectivity index (χ4v) is 2.00. The minimum absolute atomic E-state index is 0.112. The van der Waals surface area contributed by atoms with Gasteiger partial charge in [-0.3, -0.25) is 4.79 Å². The van der Waals surface area contributed by atoms with E-state index in [2.05, 4.69) is 15.3 Å². The van der Waals surface area contributed by atoms with Gasteiger partial charge in [-0.2, -0.15) is 5.10 Å². The Morgan fingerprint density at radius 2 is 2.00 bits per heavy atom. The summed E-state index contributed by atoms with van der Waals surface area (Å²) >= 11 is 0. The fourth-order valence-electron chi connectivity index (χ4n) is 2.00. The number of carbonyl (C=O) groups is 2. The quantitative estimate of drug-likeness (QED) is 0.441. The van der Waals surface area contributed by atoms with Gasteiger partial charge in [0, 0.05) is 6.92 Å². The normalized spacial score (nSPS) is 10.6. The largest absolute Gasteiger partial charge is 0.490 e. The van der Waals surface area contributed by atoms with E-state index in [-0.39, 0.29) is 18.3 Å². The summed E-state index contributed by atoms with van der Waals surface area (Å²) < 4.78 is 21.2. The molecule has 0 spiro atoms. The van der Waals surface area contributed by atoms with Crippen molar-refractivity contribution in [2.45, 2.75) is 20.5 Å². The lowest BCUT2D eigenvalue weighted by Gasteiger charge is -2.11. The van der Waals surface area contributed by atoms with Crippen LogP contribution < -0.4 is 14.9 Å². The van der Waals surface area contributed by atoms with Gasteiger partial charge in [0.15, 0.2) is 11.5 Å². The molecular formula is C18H20N2O6. The lowest BCUT2D eigenvalue weighted by atomic mass is 10.2. The molecule has 138 valence electrons. The second-order valence-electron chi connectivity index (χ2n) is 5.11. The molecular weight excluding hydrogens is 340 g/mol. The highest BCUT2D eigenvalue weighted by molar-refractivity contribution is 5.86. The molecule has 8 heteroatoms. The topological polar surface area (TPSA) is 99.4 Å². The molecule has 1 aromatic heterocycles. The van der Waals surface area contributed by atoms with Crippen LogP contribution in [0.2, 0.25) is 0 Å². The highest BCUT2D eigenvalue weighted by atomic mass is 16.5. The molecule has 0 radical (unpaired) electrons. The maximum atomic E-state index is 11.4.